The average Bonchev–Trinajstić information content (AvgIpc) is 3.80. The maximum absolute atomic E-state index is 4.84. The number of aryl methyl sites for hydroxylation is 1. The summed E-state index contributed by atoms with van der Waals surface area (Å²) >= 11 is 0. The number of benzene rings is 1. The fraction of sp³-hybridized carbons (Fsp3) is 0.585. The van der Waals surface area contributed by atoms with Gasteiger partial charge in [-0.05, 0) is 88.8 Å². The molecule has 0 radical (unpaired) electrons. The van der Waals surface area contributed by atoms with Gasteiger partial charge in [0, 0.05) is 5.71 Å². The van der Waals surface area contributed by atoms with Crippen molar-refractivity contribution in [3.63, 3.8) is 0 Å². The number of nitrogens with zero attached hydrogens (tertiary/aromatic N) is 1. The van der Waals surface area contributed by atoms with Gasteiger partial charge in [0.2, 0.25) is 0 Å². The van der Waals surface area contributed by atoms with Crippen LogP contribution in [0.5, 0.6) is 0 Å². The van der Waals surface area contributed by atoms with Gasteiger partial charge in [-0.3, -0.25) is 4.99 Å². The molecule has 0 aliphatic heterocycles. The Morgan fingerprint density at radius 2 is 1.33 bits per heavy atom. The van der Waals surface area contributed by atoms with Gasteiger partial charge in [-0.2, -0.15) is 0 Å². The van der Waals surface area contributed by atoms with Crippen molar-refractivity contribution in [3.05, 3.63) is 83.0 Å². The second kappa shape index (κ2) is 31.5. The minimum absolute atomic E-state index is 0.996. The molecule has 1 nitrogen and oxygen atoms in total. The quantitative estimate of drug-likeness (QED) is 0.204. The van der Waals surface area contributed by atoms with E-state index in [1.807, 2.05) is 41.5 Å². The minimum Gasteiger partial charge on any atom is -0.253 e. The van der Waals surface area contributed by atoms with Gasteiger partial charge in [-0.25, -0.2) is 0 Å². The summed E-state index contributed by atoms with van der Waals surface area (Å²) in [5.74, 6) is 1.13. The standard InChI is InChI=1S/C24H31N.C5H10.C5H12.C3H8.2C2H6/c1-16(2)10-12-22(17(3)4)14-20(8)21(9)25-24-15-23(18(5)6)13-11-19(24)7;1-2-5-3-4-5;1-3-5-4-2;1-3-2;2*1-2/h10-15H,3,5H2,1-2,4,6-9H3;5H,2-4H2,1H3;3-5H2,1-2H3;3H2,1-2H3;2*1-2H3/b20-14+,22-12-,25-21?;;;;;. The first-order valence-electron chi connectivity index (χ1n) is 16.9. The fourth-order valence-corrected chi connectivity index (χ4v) is 3.05. The second-order valence-electron chi connectivity index (χ2n) is 10.9. The normalized spacial score (nSPS) is 12.1. The summed E-state index contributed by atoms with van der Waals surface area (Å²) in [6.45, 7) is 41.5. The SMILES string of the molecule is C=C(C)C(=C\C=C(C)C)/C=C(\C)C(C)=Nc1cc(C(=C)C)ccc1C.CC.CC.CCC.CCC1CC1.CCCCC. The zero-order valence-electron chi connectivity index (χ0n) is 31.4. The first kappa shape index (κ1) is 46.5. The van der Waals surface area contributed by atoms with Gasteiger partial charge in [0.05, 0.1) is 5.69 Å². The van der Waals surface area contributed by atoms with E-state index in [0.717, 1.165) is 50.7 Å². The van der Waals surface area contributed by atoms with Gasteiger partial charge in [-0.1, -0.05) is 161 Å². The molecule has 1 aromatic rings. The van der Waals surface area contributed by atoms with E-state index in [4.69, 9.17) is 4.99 Å². The van der Waals surface area contributed by atoms with Gasteiger partial charge in [0.25, 0.3) is 0 Å². The van der Waals surface area contributed by atoms with Crippen molar-refractivity contribution in [2.75, 3.05) is 0 Å². The van der Waals surface area contributed by atoms with Crippen molar-refractivity contribution >= 4 is 17.0 Å². The molecule has 242 valence electrons. The fourth-order valence-electron chi connectivity index (χ4n) is 3.05. The Kier molecular flexibility index (Phi) is 34.9. The Morgan fingerprint density at radius 3 is 1.64 bits per heavy atom. The predicted molar refractivity (Wildman–Crippen MR) is 202 cm³/mol. The summed E-state index contributed by atoms with van der Waals surface area (Å²) in [5.41, 5.74) is 9.92. The molecule has 42 heavy (non-hydrogen) atoms. The highest BCUT2D eigenvalue weighted by atomic mass is 14.7. The number of rotatable bonds is 9. The van der Waals surface area contributed by atoms with E-state index in [1.165, 1.54) is 50.5 Å². The maximum Gasteiger partial charge on any atom is 0.0668 e. The van der Waals surface area contributed by atoms with Gasteiger partial charge < -0.3 is 0 Å². The van der Waals surface area contributed by atoms with Crippen molar-refractivity contribution < 1.29 is 0 Å². The molecule has 1 aliphatic carbocycles. The molecule has 2 rings (SSSR count). The highest BCUT2D eigenvalue weighted by Gasteiger charge is 2.17. The van der Waals surface area contributed by atoms with Crippen LogP contribution in [0.3, 0.4) is 0 Å². The van der Waals surface area contributed by atoms with Gasteiger partial charge in [0.1, 0.15) is 0 Å². The lowest BCUT2D eigenvalue weighted by Crippen LogP contribution is -1.95. The van der Waals surface area contributed by atoms with E-state index in [9.17, 15) is 0 Å². The van der Waals surface area contributed by atoms with Crippen LogP contribution >= 0.6 is 0 Å². The first-order valence-corrected chi connectivity index (χ1v) is 16.9. The molecule has 0 spiro atoms. The molecule has 0 aromatic heterocycles. The number of hydrogen-bond donors (Lipinski definition) is 0. The summed E-state index contributed by atoms with van der Waals surface area (Å²) in [6, 6.07) is 6.30. The van der Waals surface area contributed by atoms with Gasteiger partial charge in [-0.15, -0.1) is 0 Å². The topological polar surface area (TPSA) is 12.4 Å². The Bertz CT molecular complexity index is 939. The van der Waals surface area contributed by atoms with E-state index in [1.54, 1.807) is 0 Å². The first-order chi connectivity index (χ1) is 19.9. The second-order valence-corrected chi connectivity index (χ2v) is 10.9. The maximum atomic E-state index is 4.84. The van der Waals surface area contributed by atoms with Crippen LogP contribution in [-0.2, 0) is 0 Å². The number of aliphatic imine (C=N–C) groups is 1. The molecule has 0 atom stereocenters. The van der Waals surface area contributed by atoms with Crippen LogP contribution in [0.2, 0.25) is 0 Å². The van der Waals surface area contributed by atoms with Crippen molar-refractivity contribution in [1.82, 2.24) is 0 Å². The lowest BCUT2D eigenvalue weighted by molar-refractivity contribution is 0.772. The summed E-state index contributed by atoms with van der Waals surface area (Å²) in [4.78, 5) is 4.84. The smallest absolute Gasteiger partial charge is 0.0668 e. The van der Waals surface area contributed by atoms with Crippen molar-refractivity contribution in [1.29, 1.82) is 0 Å². The van der Waals surface area contributed by atoms with E-state index < -0.39 is 0 Å². The van der Waals surface area contributed by atoms with Crippen molar-refractivity contribution in [3.8, 4) is 0 Å². The van der Waals surface area contributed by atoms with Crippen molar-refractivity contribution in [2.45, 2.75) is 156 Å². The number of unbranched alkanes of at least 4 members (excludes halogenated alkanes) is 2. The Labute approximate surface area is 266 Å². The van der Waals surface area contributed by atoms with Gasteiger partial charge in [0.15, 0.2) is 0 Å². The Morgan fingerprint density at radius 1 is 0.833 bits per heavy atom. The third kappa shape index (κ3) is 27.7. The van der Waals surface area contributed by atoms with E-state index in [2.05, 4.69) is 119 Å². The third-order valence-electron chi connectivity index (χ3n) is 6.00. The van der Waals surface area contributed by atoms with Crippen LogP contribution in [-0.4, -0.2) is 5.71 Å². The third-order valence-corrected chi connectivity index (χ3v) is 6.00. The molecule has 1 aromatic carbocycles. The molecule has 0 N–H and O–H groups in total. The zero-order chi connectivity index (χ0) is 33.7. The summed E-state index contributed by atoms with van der Waals surface area (Å²) in [6.07, 6.45) is 16.1. The molecule has 0 heterocycles. The Balaban J connectivity index is -0.000000345. The van der Waals surface area contributed by atoms with E-state index in [0.29, 0.717) is 0 Å². The van der Waals surface area contributed by atoms with Crippen LogP contribution in [0.1, 0.15) is 160 Å². The molecular formula is C41H73N. The van der Waals surface area contributed by atoms with Crippen LogP contribution in [0.15, 0.2) is 76.9 Å². The van der Waals surface area contributed by atoms with E-state index in [-0.39, 0.29) is 0 Å². The highest BCUT2D eigenvalue weighted by molar-refractivity contribution is 6.00. The zero-order valence-corrected chi connectivity index (χ0v) is 31.4. The molecule has 0 bridgehead atoms. The molecule has 1 heteroatoms. The molecule has 0 amide bonds. The molecule has 1 fully saturated rings. The minimum atomic E-state index is 0.996. The number of allylic oxidation sites excluding steroid dienone is 8. The number of hydrogen-bond acceptors (Lipinski definition) is 1. The molecule has 1 aliphatic rings. The van der Waals surface area contributed by atoms with E-state index >= 15 is 0 Å². The molecule has 0 unspecified atom stereocenters. The molecule has 1 saturated carbocycles. The largest absolute Gasteiger partial charge is 0.253 e. The average molecular weight is 580 g/mol. The summed E-state index contributed by atoms with van der Waals surface area (Å²) in [5, 5.41) is 0. The van der Waals surface area contributed by atoms with Crippen LogP contribution < -0.4 is 0 Å². The molecular weight excluding hydrogens is 506 g/mol. The van der Waals surface area contributed by atoms with Crippen LogP contribution in [0.25, 0.3) is 5.57 Å². The van der Waals surface area contributed by atoms with Crippen molar-refractivity contribution in [2.24, 2.45) is 10.9 Å². The summed E-state index contributed by atoms with van der Waals surface area (Å²) < 4.78 is 0. The Hall–Kier alpha value is -2.41. The lowest BCUT2D eigenvalue weighted by Gasteiger charge is -2.08. The predicted octanol–water partition coefficient (Wildman–Crippen LogP) is 15.0. The lowest BCUT2D eigenvalue weighted by atomic mass is 10.0. The summed E-state index contributed by atoms with van der Waals surface area (Å²) in [7, 11) is 0. The van der Waals surface area contributed by atoms with Gasteiger partial charge >= 0.3 is 0 Å². The van der Waals surface area contributed by atoms with Crippen LogP contribution in [0.4, 0.5) is 5.69 Å². The highest BCUT2D eigenvalue weighted by Crippen LogP contribution is 2.31. The van der Waals surface area contributed by atoms with Crippen LogP contribution in [0, 0.1) is 12.8 Å². The molecule has 0 saturated heterocycles. The monoisotopic (exact) mass is 580 g/mol.